The van der Waals surface area contributed by atoms with Gasteiger partial charge in [-0.2, -0.15) is 0 Å². The number of aliphatic hydroxyl groups is 2. The molecule has 0 spiro atoms. The third kappa shape index (κ3) is 3.46. The molecule has 0 aliphatic carbocycles. The number of aliphatic hydroxyl groups excluding tert-OH is 2. The quantitative estimate of drug-likeness (QED) is 0.722. The molecule has 2 rings (SSSR count). The molecule has 1 aromatic carbocycles. The van der Waals surface area contributed by atoms with Crippen LogP contribution in [0.15, 0.2) is 12.1 Å². The van der Waals surface area contributed by atoms with Crippen molar-refractivity contribution in [2.45, 2.75) is 52.7 Å². The van der Waals surface area contributed by atoms with E-state index >= 15 is 0 Å². The van der Waals surface area contributed by atoms with Gasteiger partial charge in [0.15, 0.2) is 0 Å². The van der Waals surface area contributed by atoms with Gasteiger partial charge in [-0.15, -0.1) is 0 Å². The first-order valence-electron chi connectivity index (χ1n) is 8.30. The van der Waals surface area contributed by atoms with Crippen LogP contribution in [0.3, 0.4) is 0 Å². The Morgan fingerprint density at radius 2 is 1.52 bits per heavy atom. The minimum atomic E-state index is -0.292. The van der Waals surface area contributed by atoms with Crippen LogP contribution in [0.5, 0.6) is 0 Å². The zero-order valence-electron chi connectivity index (χ0n) is 13.8. The normalized spacial score (nSPS) is 15.2. The van der Waals surface area contributed by atoms with Crippen molar-refractivity contribution in [1.29, 1.82) is 0 Å². The maximum Gasteiger partial charge on any atom is 0.261 e. The van der Waals surface area contributed by atoms with E-state index < -0.39 is 0 Å². The predicted octanol–water partition coefficient (Wildman–Crippen LogP) is 2.48. The summed E-state index contributed by atoms with van der Waals surface area (Å²) in [5.74, 6) is -0.273. The number of rotatable bonds is 8. The van der Waals surface area contributed by atoms with Gasteiger partial charge in [0, 0.05) is 6.54 Å². The first-order chi connectivity index (χ1) is 11.1. The van der Waals surface area contributed by atoms with Crippen molar-refractivity contribution in [2.75, 3.05) is 6.54 Å². The molecule has 5 nitrogen and oxygen atoms in total. The second-order valence-corrected chi connectivity index (χ2v) is 6.12. The molecule has 1 aliphatic heterocycles. The summed E-state index contributed by atoms with van der Waals surface area (Å²) in [6.45, 7) is 4.11. The van der Waals surface area contributed by atoms with E-state index in [1.165, 1.54) is 17.0 Å². The van der Waals surface area contributed by atoms with Crippen LogP contribution < -0.4 is 0 Å². The highest BCUT2D eigenvalue weighted by atomic mass is 16.3. The van der Waals surface area contributed by atoms with Crippen LogP contribution in [-0.4, -0.2) is 33.5 Å². The topological polar surface area (TPSA) is 77.8 Å². The molecular weight excluding hydrogens is 294 g/mol. The standard InChI is InChI=1S/C18H25NO4/c1-3-5-6-12(4-2)9-19-17(22)15-7-13(10-20)14(11-21)8-16(15)18(19)23/h7-8,12,20-21H,3-6,9-11H2,1-2H3. The number of unbranched alkanes of at least 4 members (excludes halogenated alkanes) is 1. The average molecular weight is 319 g/mol. The van der Waals surface area contributed by atoms with Gasteiger partial charge in [-0.1, -0.05) is 33.1 Å². The SMILES string of the molecule is CCCCC(CC)CN1C(=O)c2cc(CO)c(CO)cc2C1=O. The van der Waals surface area contributed by atoms with E-state index in [0.717, 1.165) is 25.7 Å². The van der Waals surface area contributed by atoms with Crippen LogP contribution in [0.1, 0.15) is 71.4 Å². The number of carbonyl (C=O) groups is 2. The average Bonchev–Trinajstić information content (AvgIpc) is 2.81. The largest absolute Gasteiger partial charge is 0.392 e. The van der Waals surface area contributed by atoms with Gasteiger partial charge >= 0.3 is 0 Å². The van der Waals surface area contributed by atoms with E-state index in [9.17, 15) is 19.8 Å². The Labute approximate surface area is 136 Å². The van der Waals surface area contributed by atoms with E-state index in [2.05, 4.69) is 13.8 Å². The summed E-state index contributed by atoms with van der Waals surface area (Å²) in [7, 11) is 0. The molecule has 0 aromatic heterocycles. The van der Waals surface area contributed by atoms with Gasteiger partial charge in [0.1, 0.15) is 0 Å². The molecule has 0 radical (unpaired) electrons. The summed E-state index contributed by atoms with van der Waals surface area (Å²) in [5.41, 5.74) is 1.66. The van der Waals surface area contributed by atoms with E-state index in [-0.39, 0.29) is 25.0 Å². The molecular formula is C18H25NO4. The molecule has 1 aliphatic rings. The third-order valence-electron chi connectivity index (χ3n) is 4.62. The smallest absolute Gasteiger partial charge is 0.261 e. The van der Waals surface area contributed by atoms with Gasteiger partial charge in [-0.05, 0) is 35.6 Å². The Kier molecular flexibility index (Phi) is 5.91. The number of benzene rings is 1. The first-order valence-corrected chi connectivity index (χ1v) is 8.30. The summed E-state index contributed by atoms with van der Waals surface area (Å²) in [6, 6.07) is 3.07. The van der Waals surface area contributed by atoms with Crippen LogP contribution in [0.4, 0.5) is 0 Å². The van der Waals surface area contributed by atoms with Crippen LogP contribution in [0.25, 0.3) is 0 Å². The van der Waals surface area contributed by atoms with Crippen LogP contribution >= 0.6 is 0 Å². The number of fused-ring (bicyclic) bond motifs is 1. The Morgan fingerprint density at radius 1 is 1.00 bits per heavy atom. The van der Waals surface area contributed by atoms with Gasteiger partial charge < -0.3 is 10.2 Å². The van der Waals surface area contributed by atoms with Crippen LogP contribution in [-0.2, 0) is 13.2 Å². The lowest BCUT2D eigenvalue weighted by atomic mass is 9.99. The van der Waals surface area contributed by atoms with Gasteiger partial charge in [0.05, 0.1) is 24.3 Å². The Balaban J connectivity index is 2.26. The maximum atomic E-state index is 12.6. The third-order valence-corrected chi connectivity index (χ3v) is 4.62. The minimum absolute atomic E-state index is 0.265. The Hall–Kier alpha value is -1.72. The molecule has 0 saturated carbocycles. The fourth-order valence-corrected chi connectivity index (χ4v) is 3.06. The molecule has 2 amide bonds. The zero-order valence-corrected chi connectivity index (χ0v) is 13.8. The summed E-state index contributed by atoms with van der Waals surface area (Å²) in [5, 5.41) is 18.7. The highest BCUT2D eigenvalue weighted by molar-refractivity contribution is 6.21. The van der Waals surface area contributed by atoms with Crippen molar-refractivity contribution in [2.24, 2.45) is 5.92 Å². The molecule has 5 heteroatoms. The lowest BCUT2D eigenvalue weighted by Crippen LogP contribution is -2.34. The highest BCUT2D eigenvalue weighted by Crippen LogP contribution is 2.28. The molecule has 0 saturated heterocycles. The number of carbonyl (C=O) groups excluding carboxylic acids is 2. The molecule has 0 fully saturated rings. The van der Waals surface area contributed by atoms with E-state index in [1.807, 2.05) is 0 Å². The second kappa shape index (κ2) is 7.70. The van der Waals surface area contributed by atoms with Gasteiger partial charge in [-0.25, -0.2) is 0 Å². The predicted molar refractivity (Wildman–Crippen MR) is 87.0 cm³/mol. The monoisotopic (exact) mass is 319 g/mol. The summed E-state index contributed by atoms with van der Waals surface area (Å²) in [6.07, 6.45) is 4.12. The zero-order chi connectivity index (χ0) is 17.0. The summed E-state index contributed by atoms with van der Waals surface area (Å²) in [4.78, 5) is 26.4. The molecule has 23 heavy (non-hydrogen) atoms. The molecule has 0 bridgehead atoms. The fraction of sp³-hybridized carbons (Fsp3) is 0.556. The van der Waals surface area contributed by atoms with E-state index in [0.29, 0.717) is 34.7 Å². The number of hydrogen-bond donors (Lipinski definition) is 2. The lowest BCUT2D eigenvalue weighted by Gasteiger charge is -2.21. The summed E-state index contributed by atoms with van der Waals surface area (Å²) >= 11 is 0. The van der Waals surface area contributed by atoms with Crippen molar-refractivity contribution in [3.63, 3.8) is 0 Å². The second-order valence-electron chi connectivity index (χ2n) is 6.12. The Morgan fingerprint density at radius 3 is 1.91 bits per heavy atom. The molecule has 1 aromatic rings. The lowest BCUT2D eigenvalue weighted by molar-refractivity contribution is 0.0624. The van der Waals surface area contributed by atoms with Gasteiger partial charge in [-0.3, -0.25) is 14.5 Å². The Bertz CT molecular complexity index is 554. The van der Waals surface area contributed by atoms with E-state index in [4.69, 9.17) is 0 Å². The number of amides is 2. The summed E-state index contributed by atoms with van der Waals surface area (Å²) < 4.78 is 0. The minimum Gasteiger partial charge on any atom is -0.392 e. The highest BCUT2D eigenvalue weighted by Gasteiger charge is 2.37. The molecule has 2 N–H and O–H groups in total. The van der Waals surface area contributed by atoms with Crippen molar-refractivity contribution in [1.82, 2.24) is 4.90 Å². The molecule has 1 atom stereocenters. The van der Waals surface area contributed by atoms with Gasteiger partial charge in [0.25, 0.3) is 11.8 Å². The van der Waals surface area contributed by atoms with Crippen molar-refractivity contribution in [3.8, 4) is 0 Å². The van der Waals surface area contributed by atoms with Crippen LogP contribution in [0.2, 0.25) is 0 Å². The molecule has 1 unspecified atom stereocenters. The fourth-order valence-electron chi connectivity index (χ4n) is 3.06. The van der Waals surface area contributed by atoms with Crippen molar-refractivity contribution in [3.05, 3.63) is 34.4 Å². The van der Waals surface area contributed by atoms with Crippen molar-refractivity contribution >= 4 is 11.8 Å². The maximum absolute atomic E-state index is 12.6. The number of nitrogens with zero attached hydrogens (tertiary/aromatic N) is 1. The number of imide groups is 1. The van der Waals surface area contributed by atoms with Gasteiger partial charge in [0.2, 0.25) is 0 Å². The molecule has 1 heterocycles. The molecule has 126 valence electrons. The first kappa shape index (κ1) is 17.6. The van der Waals surface area contributed by atoms with E-state index in [1.54, 1.807) is 0 Å². The van der Waals surface area contributed by atoms with Crippen LogP contribution in [0, 0.1) is 5.92 Å². The number of hydrogen-bond acceptors (Lipinski definition) is 4. The van der Waals surface area contributed by atoms with Crippen molar-refractivity contribution < 1.29 is 19.8 Å².